The fraction of sp³-hybridized carbons (Fsp3) is 0.412. The van der Waals surface area contributed by atoms with E-state index >= 15 is 0 Å². The SMILES string of the molecule is CCNC(=O)NC(=O)C(C)N1CCc2sccc2C1c1cccs1. The fourth-order valence-corrected chi connectivity index (χ4v) is 4.85. The highest BCUT2D eigenvalue weighted by atomic mass is 32.1. The van der Waals surface area contributed by atoms with Crippen molar-refractivity contribution < 1.29 is 9.59 Å². The summed E-state index contributed by atoms with van der Waals surface area (Å²) in [5.41, 5.74) is 1.28. The predicted molar refractivity (Wildman–Crippen MR) is 97.6 cm³/mol. The van der Waals surface area contributed by atoms with Crippen molar-refractivity contribution in [3.63, 3.8) is 0 Å². The highest BCUT2D eigenvalue weighted by Crippen LogP contribution is 2.40. The van der Waals surface area contributed by atoms with Crippen molar-refractivity contribution in [3.8, 4) is 0 Å². The van der Waals surface area contributed by atoms with Gasteiger partial charge in [-0.15, -0.1) is 22.7 Å². The molecular formula is C17H21N3O2S2. The van der Waals surface area contributed by atoms with E-state index in [9.17, 15) is 9.59 Å². The van der Waals surface area contributed by atoms with Crippen LogP contribution in [0.5, 0.6) is 0 Å². The molecule has 128 valence electrons. The Balaban J connectivity index is 1.83. The number of rotatable bonds is 4. The third-order valence-corrected chi connectivity index (χ3v) is 6.19. The number of nitrogens with zero attached hydrogens (tertiary/aromatic N) is 1. The van der Waals surface area contributed by atoms with Gasteiger partial charge in [-0.1, -0.05) is 6.07 Å². The summed E-state index contributed by atoms with van der Waals surface area (Å²) in [7, 11) is 0. The van der Waals surface area contributed by atoms with Crippen molar-refractivity contribution in [1.82, 2.24) is 15.5 Å². The molecule has 0 saturated heterocycles. The van der Waals surface area contributed by atoms with E-state index in [-0.39, 0.29) is 18.0 Å². The Morgan fingerprint density at radius 3 is 2.88 bits per heavy atom. The monoisotopic (exact) mass is 363 g/mol. The topological polar surface area (TPSA) is 61.4 Å². The van der Waals surface area contributed by atoms with Crippen molar-refractivity contribution in [1.29, 1.82) is 0 Å². The zero-order valence-corrected chi connectivity index (χ0v) is 15.4. The zero-order chi connectivity index (χ0) is 17.1. The Morgan fingerprint density at radius 2 is 2.17 bits per heavy atom. The summed E-state index contributed by atoms with van der Waals surface area (Å²) in [5, 5.41) is 9.22. The molecule has 0 fully saturated rings. The second kappa shape index (κ2) is 7.46. The van der Waals surface area contributed by atoms with Crippen LogP contribution in [0.15, 0.2) is 29.0 Å². The van der Waals surface area contributed by atoms with Gasteiger partial charge in [0.25, 0.3) is 0 Å². The molecule has 3 rings (SSSR count). The number of carbonyl (C=O) groups is 2. The van der Waals surface area contributed by atoms with Gasteiger partial charge in [-0.25, -0.2) is 4.79 Å². The molecule has 0 spiro atoms. The van der Waals surface area contributed by atoms with E-state index in [4.69, 9.17) is 0 Å². The van der Waals surface area contributed by atoms with Gasteiger partial charge < -0.3 is 5.32 Å². The van der Waals surface area contributed by atoms with Crippen LogP contribution in [0.1, 0.15) is 35.2 Å². The number of hydrogen-bond donors (Lipinski definition) is 2. The second-order valence-electron chi connectivity index (χ2n) is 5.73. The van der Waals surface area contributed by atoms with E-state index in [1.807, 2.05) is 19.9 Å². The third kappa shape index (κ3) is 3.38. The highest BCUT2D eigenvalue weighted by molar-refractivity contribution is 7.10. The van der Waals surface area contributed by atoms with Crippen LogP contribution >= 0.6 is 22.7 Å². The molecule has 2 aromatic heterocycles. The quantitative estimate of drug-likeness (QED) is 0.878. The van der Waals surface area contributed by atoms with Gasteiger partial charge in [0, 0.05) is 22.8 Å². The average Bonchev–Trinajstić information content (AvgIpc) is 3.24. The molecule has 3 amide bonds. The fourth-order valence-electron chi connectivity index (χ4n) is 3.09. The maximum atomic E-state index is 12.5. The van der Waals surface area contributed by atoms with E-state index in [1.54, 1.807) is 22.7 Å². The smallest absolute Gasteiger partial charge is 0.321 e. The Morgan fingerprint density at radius 1 is 1.33 bits per heavy atom. The summed E-state index contributed by atoms with van der Waals surface area (Å²) in [5.74, 6) is -0.263. The van der Waals surface area contributed by atoms with Crippen LogP contribution < -0.4 is 10.6 Å². The minimum atomic E-state index is -0.435. The van der Waals surface area contributed by atoms with Crippen LogP contribution in [0, 0.1) is 0 Å². The Bertz CT molecular complexity index is 711. The number of hydrogen-bond acceptors (Lipinski definition) is 5. The summed E-state index contributed by atoms with van der Waals surface area (Å²) in [6.45, 7) is 4.99. The lowest BCUT2D eigenvalue weighted by atomic mass is 9.96. The lowest BCUT2D eigenvalue weighted by Gasteiger charge is -2.38. The van der Waals surface area contributed by atoms with E-state index in [0.717, 1.165) is 13.0 Å². The van der Waals surface area contributed by atoms with Crippen LogP contribution in [0.4, 0.5) is 4.79 Å². The Kier molecular flexibility index (Phi) is 5.33. The van der Waals surface area contributed by atoms with Crippen LogP contribution in [0.25, 0.3) is 0 Å². The number of thiophene rings is 2. The van der Waals surface area contributed by atoms with Crippen molar-refractivity contribution in [2.24, 2.45) is 0 Å². The molecular weight excluding hydrogens is 342 g/mol. The van der Waals surface area contributed by atoms with Crippen LogP contribution in [0.3, 0.4) is 0 Å². The standard InChI is InChI=1S/C17H21N3O2S2/c1-3-18-17(22)19-16(21)11(2)20-8-6-13-12(7-10-24-13)15(20)14-5-4-9-23-14/h4-5,7,9-11,15H,3,6,8H2,1-2H3,(H2,18,19,21,22). The van der Waals surface area contributed by atoms with E-state index in [2.05, 4.69) is 38.4 Å². The summed E-state index contributed by atoms with van der Waals surface area (Å²) >= 11 is 3.48. The van der Waals surface area contributed by atoms with Gasteiger partial charge in [0.1, 0.15) is 0 Å². The molecule has 2 N–H and O–H groups in total. The molecule has 5 nitrogen and oxygen atoms in total. The van der Waals surface area contributed by atoms with Gasteiger partial charge in [0.05, 0.1) is 12.1 Å². The van der Waals surface area contributed by atoms with E-state index < -0.39 is 6.03 Å². The molecule has 1 aliphatic rings. The van der Waals surface area contributed by atoms with Gasteiger partial charge in [0.15, 0.2) is 0 Å². The zero-order valence-electron chi connectivity index (χ0n) is 13.7. The number of imide groups is 1. The number of nitrogens with one attached hydrogen (secondary N) is 2. The number of fused-ring (bicyclic) bond motifs is 1. The first-order valence-corrected chi connectivity index (χ1v) is 9.81. The molecule has 3 heterocycles. The average molecular weight is 364 g/mol. The predicted octanol–water partition coefficient (Wildman–Crippen LogP) is 2.99. The van der Waals surface area contributed by atoms with Gasteiger partial charge in [-0.3, -0.25) is 15.0 Å². The van der Waals surface area contributed by atoms with Gasteiger partial charge in [-0.05, 0) is 48.7 Å². The molecule has 1 aliphatic heterocycles. The molecule has 2 unspecified atom stereocenters. The first kappa shape index (κ1) is 17.1. The third-order valence-electron chi connectivity index (χ3n) is 4.27. The lowest BCUT2D eigenvalue weighted by molar-refractivity contribution is -0.125. The summed E-state index contributed by atoms with van der Waals surface area (Å²) in [4.78, 5) is 28.9. The summed E-state index contributed by atoms with van der Waals surface area (Å²) in [6.07, 6.45) is 0.938. The lowest BCUT2D eigenvalue weighted by Crippen LogP contribution is -2.52. The number of urea groups is 1. The number of amides is 3. The molecule has 0 aromatic carbocycles. The van der Waals surface area contributed by atoms with Gasteiger partial charge in [0.2, 0.25) is 5.91 Å². The molecule has 2 aromatic rings. The maximum absolute atomic E-state index is 12.5. The summed E-state index contributed by atoms with van der Waals surface area (Å²) < 4.78 is 0. The highest BCUT2D eigenvalue weighted by Gasteiger charge is 2.35. The normalized spacial score (nSPS) is 18.7. The second-order valence-corrected chi connectivity index (χ2v) is 7.71. The van der Waals surface area contributed by atoms with Gasteiger partial charge in [-0.2, -0.15) is 0 Å². The summed E-state index contributed by atoms with van der Waals surface area (Å²) in [6, 6.07) is 5.57. The van der Waals surface area contributed by atoms with Crippen molar-refractivity contribution >= 4 is 34.6 Å². The van der Waals surface area contributed by atoms with Crippen LogP contribution in [0.2, 0.25) is 0 Å². The maximum Gasteiger partial charge on any atom is 0.321 e. The molecule has 7 heteroatoms. The Labute approximate surface area is 149 Å². The molecule has 0 radical (unpaired) electrons. The molecule has 0 saturated carbocycles. The first-order chi connectivity index (χ1) is 11.6. The van der Waals surface area contributed by atoms with Gasteiger partial charge >= 0.3 is 6.03 Å². The minimum absolute atomic E-state index is 0.0787. The molecule has 0 aliphatic carbocycles. The van der Waals surface area contributed by atoms with E-state index in [0.29, 0.717) is 6.54 Å². The van der Waals surface area contributed by atoms with Crippen molar-refractivity contribution in [2.45, 2.75) is 32.4 Å². The molecule has 24 heavy (non-hydrogen) atoms. The van der Waals surface area contributed by atoms with Crippen molar-refractivity contribution in [2.75, 3.05) is 13.1 Å². The first-order valence-electron chi connectivity index (χ1n) is 8.06. The minimum Gasteiger partial charge on any atom is -0.338 e. The van der Waals surface area contributed by atoms with E-state index in [1.165, 1.54) is 15.3 Å². The molecule has 0 bridgehead atoms. The molecule has 2 atom stereocenters. The van der Waals surface area contributed by atoms with Crippen molar-refractivity contribution in [3.05, 3.63) is 44.3 Å². The van der Waals surface area contributed by atoms with Crippen LogP contribution in [-0.4, -0.2) is 36.0 Å². The van der Waals surface area contributed by atoms with Crippen LogP contribution in [-0.2, 0) is 11.2 Å². The Hall–Kier alpha value is -1.70. The number of carbonyl (C=O) groups excluding carboxylic acids is 2. The largest absolute Gasteiger partial charge is 0.338 e.